The summed E-state index contributed by atoms with van der Waals surface area (Å²) in [6.45, 7) is 1.97. The van der Waals surface area contributed by atoms with Crippen molar-refractivity contribution in [2.75, 3.05) is 7.11 Å². The van der Waals surface area contributed by atoms with E-state index in [-0.39, 0.29) is 11.2 Å². The Kier molecular flexibility index (Phi) is 4.43. The van der Waals surface area contributed by atoms with Gasteiger partial charge >= 0.3 is 0 Å². The Morgan fingerprint density at radius 1 is 1.21 bits per heavy atom. The first-order chi connectivity index (χ1) is 9.11. The number of benzene rings is 2. The molecule has 0 saturated carbocycles. The van der Waals surface area contributed by atoms with Crippen molar-refractivity contribution in [1.29, 1.82) is 0 Å². The van der Waals surface area contributed by atoms with Gasteiger partial charge in [-0.1, -0.05) is 30.3 Å². The number of hydrogen-bond donors (Lipinski definition) is 0. The minimum absolute atomic E-state index is 0.210. The highest BCUT2D eigenvalue weighted by Crippen LogP contribution is 2.29. The average Bonchev–Trinajstić information content (AvgIpc) is 2.41. The molecule has 0 aliphatic heterocycles. The topological polar surface area (TPSA) is 9.23 Å². The summed E-state index contributed by atoms with van der Waals surface area (Å²) in [7, 11) is 1.64. The summed E-state index contributed by atoms with van der Waals surface area (Å²) < 4.78 is 18.8. The number of halogens is 2. The molecule has 0 aromatic heterocycles. The first-order valence-electron chi connectivity index (χ1n) is 6.14. The van der Waals surface area contributed by atoms with Crippen LogP contribution in [-0.2, 0) is 6.42 Å². The van der Waals surface area contributed by atoms with Gasteiger partial charge in [0.2, 0.25) is 0 Å². The summed E-state index contributed by atoms with van der Waals surface area (Å²) in [5, 5.41) is -0.249. The van der Waals surface area contributed by atoms with Crippen molar-refractivity contribution < 1.29 is 9.13 Å². The van der Waals surface area contributed by atoms with Crippen LogP contribution in [0.4, 0.5) is 4.39 Å². The van der Waals surface area contributed by atoms with Gasteiger partial charge in [-0.3, -0.25) is 0 Å². The lowest BCUT2D eigenvalue weighted by molar-refractivity contribution is 0.411. The van der Waals surface area contributed by atoms with Gasteiger partial charge in [0.05, 0.1) is 12.5 Å². The third kappa shape index (κ3) is 3.27. The fourth-order valence-corrected chi connectivity index (χ4v) is 2.37. The summed E-state index contributed by atoms with van der Waals surface area (Å²) in [6, 6.07) is 12.5. The lowest BCUT2D eigenvalue weighted by Crippen LogP contribution is -1.99. The number of alkyl halides is 1. The summed E-state index contributed by atoms with van der Waals surface area (Å²) in [4.78, 5) is 0. The van der Waals surface area contributed by atoms with E-state index in [4.69, 9.17) is 16.3 Å². The molecule has 0 amide bonds. The number of ether oxygens (including phenoxy) is 1. The fraction of sp³-hybridized carbons (Fsp3) is 0.250. The van der Waals surface area contributed by atoms with Crippen LogP contribution in [0.1, 0.15) is 22.1 Å². The van der Waals surface area contributed by atoms with Gasteiger partial charge in [0.1, 0.15) is 11.6 Å². The Morgan fingerprint density at radius 2 is 1.95 bits per heavy atom. The van der Waals surface area contributed by atoms with E-state index in [9.17, 15) is 4.39 Å². The SMILES string of the molecule is COc1ccc(C(Cl)Cc2ccccc2F)cc1C. The van der Waals surface area contributed by atoms with Crippen LogP contribution in [0.2, 0.25) is 0 Å². The Hall–Kier alpha value is -1.54. The van der Waals surface area contributed by atoms with E-state index < -0.39 is 0 Å². The van der Waals surface area contributed by atoms with Crippen molar-refractivity contribution in [1.82, 2.24) is 0 Å². The molecule has 2 aromatic carbocycles. The van der Waals surface area contributed by atoms with Crippen molar-refractivity contribution in [2.24, 2.45) is 0 Å². The Morgan fingerprint density at radius 3 is 2.58 bits per heavy atom. The Balaban J connectivity index is 2.18. The van der Waals surface area contributed by atoms with E-state index in [1.807, 2.05) is 31.2 Å². The van der Waals surface area contributed by atoms with E-state index in [1.165, 1.54) is 6.07 Å². The monoisotopic (exact) mass is 278 g/mol. The highest BCUT2D eigenvalue weighted by atomic mass is 35.5. The molecule has 0 aliphatic rings. The van der Waals surface area contributed by atoms with Gasteiger partial charge in [0.25, 0.3) is 0 Å². The molecule has 0 radical (unpaired) electrons. The first kappa shape index (κ1) is 13.9. The van der Waals surface area contributed by atoms with Crippen molar-refractivity contribution in [3.8, 4) is 5.75 Å². The van der Waals surface area contributed by atoms with Gasteiger partial charge < -0.3 is 4.74 Å². The molecule has 0 saturated heterocycles. The smallest absolute Gasteiger partial charge is 0.126 e. The molecular formula is C16H16ClFO. The van der Waals surface area contributed by atoms with Crippen LogP contribution in [0, 0.1) is 12.7 Å². The van der Waals surface area contributed by atoms with Crippen LogP contribution in [-0.4, -0.2) is 7.11 Å². The zero-order chi connectivity index (χ0) is 13.8. The van der Waals surface area contributed by atoms with Crippen LogP contribution < -0.4 is 4.74 Å². The lowest BCUT2D eigenvalue weighted by Gasteiger charge is -2.13. The minimum atomic E-state index is -0.249. The quantitative estimate of drug-likeness (QED) is 0.739. The molecule has 1 atom stereocenters. The van der Waals surface area contributed by atoms with Crippen molar-refractivity contribution in [2.45, 2.75) is 18.7 Å². The molecule has 3 heteroatoms. The average molecular weight is 279 g/mol. The van der Waals surface area contributed by atoms with Gasteiger partial charge in [0.15, 0.2) is 0 Å². The molecular weight excluding hydrogens is 263 g/mol. The second kappa shape index (κ2) is 6.07. The van der Waals surface area contributed by atoms with E-state index in [0.717, 1.165) is 16.9 Å². The van der Waals surface area contributed by atoms with Gasteiger partial charge in [-0.25, -0.2) is 4.39 Å². The number of rotatable bonds is 4. The third-order valence-corrected chi connectivity index (χ3v) is 3.54. The zero-order valence-electron chi connectivity index (χ0n) is 11.0. The molecule has 0 N–H and O–H groups in total. The van der Waals surface area contributed by atoms with Crippen LogP contribution in [0.5, 0.6) is 5.75 Å². The predicted octanol–water partition coefficient (Wildman–Crippen LogP) is 4.67. The van der Waals surface area contributed by atoms with Gasteiger partial charge in [-0.05, 0) is 42.2 Å². The van der Waals surface area contributed by atoms with Crippen LogP contribution in [0.25, 0.3) is 0 Å². The molecule has 0 aliphatic carbocycles. The van der Waals surface area contributed by atoms with E-state index in [0.29, 0.717) is 12.0 Å². The molecule has 0 fully saturated rings. The molecule has 1 unspecified atom stereocenters. The molecule has 100 valence electrons. The minimum Gasteiger partial charge on any atom is -0.496 e. The zero-order valence-corrected chi connectivity index (χ0v) is 11.7. The van der Waals surface area contributed by atoms with Crippen molar-refractivity contribution in [3.05, 3.63) is 65.0 Å². The van der Waals surface area contributed by atoms with Crippen LogP contribution in [0.3, 0.4) is 0 Å². The lowest BCUT2D eigenvalue weighted by atomic mass is 10.0. The second-order valence-electron chi connectivity index (χ2n) is 4.49. The van der Waals surface area contributed by atoms with Crippen LogP contribution >= 0.6 is 11.6 Å². The number of aryl methyl sites for hydroxylation is 1. The molecule has 19 heavy (non-hydrogen) atoms. The summed E-state index contributed by atoms with van der Waals surface area (Å²) >= 11 is 6.37. The number of methoxy groups -OCH3 is 1. The van der Waals surface area contributed by atoms with Crippen LogP contribution in [0.15, 0.2) is 42.5 Å². The van der Waals surface area contributed by atoms with E-state index >= 15 is 0 Å². The molecule has 1 nitrogen and oxygen atoms in total. The molecule has 0 heterocycles. The maximum atomic E-state index is 13.6. The van der Waals surface area contributed by atoms with Gasteiger partial charge in [-0.15, -0.1) is 11.6 Å². The molecule has 2 rings (SSSR count). The first-order valence-corrected chi connectivity index (χ1v) is 6.57. The third-order valence-electron chi connectivity index (χ3n) is 3.14. The maximum absolute atomic E-state index is 13.6. The summed E-state index contributed by atoms with van der Waals surface area (Å²) in [5.41, 5.74) is 2.64. The second-order valence-corrected chi connectivity index (χ2v) is 5.02. The van der Waals surface area contributed by atoms with Crippen molar-refractivity contribution in [3.63, 3.8) is 0 Å². The summed E-state index contributed by atoms with van der Waals surface area (Å²) in [6.07, 6.45) is 0.472. The van der Waals surface area contributed by atoms with E-state index in [1.54, 1.807) is 19.2 Å². The van der Waals surface area contributed by atoms with E-state index in [2.05, 4.69) is 0 Å². The fourth-order valence-electron chi connectivity index (χ4n) is 2.07. The molecule has 0 spiro atoms. The maximum Gasteiger partial charge on any atom is 0.126 e. The van der Waals surface area contributed by atoms with Gasteiger partial charge in [0, 0.05) is 0 Å². The van der Waals surface area contributed by atoms with Gasteiger partial charge in [-0.2, -0.15) is 0 Å². The largest absolute Gasteiger partial charge is 0.496 e. The highest BCUT2D eigenvalue weighted by molar-refractivity contribution is 6.20. The Labute approximate surface area is 118 Å². The number of hydrogen-bond acceptors (Lipinski definition) is 1. The standard InChI is InChI=1S/C16H16ClFO/c1-11-9-12(7-8-16(11)19-2)14(17)10-13-5-3-4-6-15(13)18/h3-9,14H,10H2,1-2H3. The predicted molar refractivity (Wildman–Crippen MR) is 76.4 cm³/mol. The highest BCUT2D eigenvalue weighted by Gasteiger charge is 2.12. The summed E-state index contributed by atoms with van der Waals surface area (Å²) in [5.74, 6) is 0.622. The molecule has 0 bridgehead atoms. The normalized spacial score (nSPS) is 12.2. The molecule has 2 aromatic rings. The van der Waals surface area contributed by atoms with Crippen molar-refractivity contribution >= 4 is 11.6 Å². The Bertz CT molecular complexity index is 568.